The molecule has 0 spiro atoms. The Hall–Kier alpha value is -1.75. The van der Waals surface area contributed by atoms with Crippen LogP contribution in [0.3, 0.4) is 0 Å². The van der Waals surface area contributed by atoms with Crippen molar-refractivity contribution in [2.75, 3.05) is 34.3 Å². The van der Waals surface area contributed by atoms with Crippen LogP contribution in [0.5, 0.6) is 5.75 Å². The fraction of sp³-hybridized carbons (Fsp3) is 0.562. The van der Waals surface area contributed by atoms with Gasteiger partial charge in [-0.1, -0.05) is 18.2 Å². The van der Waals surface area contributed by atoms with E-state index in [-0.39, 0.29) is 6.03 Å². The molecule has 5 heteroatoms. The van der Waals surface area contributed by atoms with Gasteiger partial charge < -0.3 is 20.3 Å². The van der Waals surface area contributed by atoms with Crippen LogP contribution in [0.4, 0.5) is 4.79 Å². The molecule has 1 saturated carbocycles. The minimum atomic E-state index is -0.0442. The van der Waals surface area contributed by atoms with Crippen molar-refractivity contribution in [1.29, 1.82) is 0 Å². The highest BCUT2D eigenvalue weighted by Gasteiger charge is 2.31. The van der Waals surface area contributed by atoms with Gasteiger partial charge in [0.25, 0.3) is 0 Å². The number of carbonyl (C=O) groups is 1. The van der Waals surface area contributed by atoms with Crippen LogP contribution in [-0.4, -0.2) is 51.3 Å². The van der Waals surface area contributed by atoms with Gasteiger partial charge in [-0.25, -0.2) is 4.79 Å². The fourth-order valence-corrected chi connectivity index (χ4v) is 2.65. The molecule has 2 rings (SSSR count). The molecule has 21 heavy (non-hydrogen) atoms. The van der Waals surface area contributed by atoms with Gasteiger partial charge in [0.2, 0.25) is 0 Å². The molecular formula is C16H25N3O2. The first kappa shape index (κ1) is 15.6. The van der Waals surface area contributed by atoms with E-state index in [1.54, 1.807) is 26.1 Å². The SMILES string of the molecule is COc1ccccc1C1CC(NCCNC(=O)N(C)C)C1. The number of para-hydroxylation sites is 1. The number of rotatable bonds is 6. The van der Waals surface area contributed by atoms with Crippen LogP contribution in [0.15, 0.2) is 24.3 Å². The van der Waals surface area contributed by atoms with E-state index in [1.807, 2.05) is 12.1 Å². The van der Waals surface area contributed by atoms with Crippen LogP contribution in [0.25, 0.3) is 0 Å². The zero-order valence-corrected chi connectivity index (χ0v) is 13.1. The lowest BCUT2D eigenvalue weighted by atomic mass is 9.75. The molecule has 5 nitrogen and oxygen atoms in total. The zero-order chi connectivity index (χ0) is 15.2. The van der Waals surface area contributed by atoms with Crippen molar-refractivity contribution in [2.24, 2.45) is 0 Å². The number of benzene rings is 1. The molecule has 0 aliphatic heterocycles. The molecule has 1 aromatic carbocycles. The standard InChI is InChI=1S/C16H25N3O2/c1-19(2)16(20)18-9-8-17-13-10-12(11-13)14-6-4-5-7-15(14)21-3/h4-7,12-13,17H,8-11H2,1-3H3,(H,18,20). The van der Waals surface area contributed by atoms with E-state index in [0.717, 1.165) is 25.1 Å². The highest BCUT2D eigenvalue weighted by molar-refractivity contribution is 5.73. The molecule has 0 aromatic heterocycles. The topological polar surface area (TPSA) is 53.6 Å². The number of methoxy groups -OCH3 is 1. The Morgan fingerprint density at radius 1 is 1.29 bits per heavy atom. The van der Waals surface area contributed by atoms with Gasteiger partial charge in [0.1, 0.15) is 5.75 Å². The third kappa shape index (κ3) is 4.11. The monoisotopic (exact) mass is 291 g/mol. The van der Waals surface area contributed by atoms with Gasteiger partial charge in [-0.05, 0) is 30.4 Å². The highest BCUT2D eigenvalue weighted by Crippen LogP contribution is 2.40. The molecule has 0 bridgehead atoms. The van der Waals surface area contributed by atoms with Crippen molar-refractivity contribution < 1.29 is 9.53 Å². The van der Waals surface area contributed by atoms with E-state index >= 15 is 0 Å². The average molecular weight is 291 g/mol. The van der Waals surface area contributed by atoms with E-state index in [1.165, 1.54) is 5.56 Å². The minimum Gasteiger partial charge on any atom is -0.496 e. The number of hydrogen-bond acceptors (Lipinski definition) is 3. The van der Waals surface area contributed by atoms with E-state index < -0.39 is 0 Å². The van der Waals surface area contributed by atoms with Gasteiger partial charge in [-0.3, -0.25) is 0 Å². The summed E-state index contributed by atoms with van der Waals surface area (Å²) in [7, 11) is 5.21. The summed E-state index contributed by atoms with van der Waals surface area (Å²) in [4.78, 5) is 12.9. The zero-order valence-electron chi connectivity index (χ0n) is 13.1. The molecule has 1 fully saturated rings. The summed E-state index contributed by atoms with van der Waals surface area (Å²) in [6.45, 7) is 1.47. The van der Waals surface area contributed by atoms with Crippen molar-refractivity contribution in [2.45, 2.75) is 24.8 Å². The summed E-state index contributed by atoms with van der Waals surface area (Å²) < 4.78 is 5.41. The van der Waals surface area contributed by atoms with E-state index in [0.29, 0.717) is 18.5 Å². The van der Waals surface area contributed by atoms with Gasteiger partial charge in [0.05, 0.1) is 7.11 Å². The second-order valence-electron chi connectivity index (χ2n) is 5.69. The normalized spacial score (nSPS) is 20.5. The summed E-state index contributed by atoms with van der Waals surface area (Å²) in [5, 5.41) is 6.33. The second kappa shape index (κ2) is 7.31. The number of nitrogens with zero attached hydrogens (tertiary/aromatic N) is 1. The Morgan fingerprint density at radius 3 is 2.67 bits per heavy atom. The second-order valence-corrected chi connectivity index (χ2v) is 5.69. The van der Waals surface area contributed by atoms with E-state index in [4.69, 9.17) is 4.74 Å². The highest BCUT2D eigenvalue weighted by atomic mass is 16.5. The molecule has 2 N–H and O–H groups in total. The Labute approximate surface area is 126 Å². The quantitative estimate of drug-likeness (QED) is 0.786. The van der Waals surface area contributed by atoms with Crippen LogP contribution < -0.4 is 15.4 Å². The Balaban J connectivity index is 1.67. The van der Waals surface area contributed by atoms with Crippen molar-refractivity contribution in [3.05, 3.63) is 29.8 Å². The number of carbonyl (C=O) groups excluding carboxylic acids is 1. The van der Waals surface area contributed by atoms with Gasteiger partial charge in [-0.2, -0.15) is 0 Å². The number of hydrogen-bond donors (Lipinski definition) is 2. The third-order valence-electron chi connectivity index (χ3n) is 3.96. The molecule has 0 saturated heterocycles. The third-order valence-corrected chi connectivity index (χ3v) is 3.96. The summed E-state index contributed by atoms with van der Waals surface area (Å²) >= 11 is 0. The molecule has 1 aromatic rings. The van der Waals surface area contributed by atoms with E-state index in [9.17, 15) is 4.79 Å². The maximum absolute atomic E-state index is 11.4. The molecule has 1 aliphatic carbocycles. The van der Waals surface area contributed by atoms with Crippen molar-refractivity contribution >= 4 is 6.03 Å². The molecule has 0 atom stereocenters. The Bertz CT molecular complexity index is 470. The van der Waals surface area contributed by atoms with Gasteiger partial charge in [0.15, 0.2) is 0 Å². The van der Waals surface area contributed by atoms with Gasteiger partial charge in [-0.15, -0.1) is 0 Å². The first-order chi connectivity index (χ1) is 10.1. The largest absolute Gasteiger partial charge is 0.496 e. The van der Waals surface area contributed by atoms with Crippen LogP contribution in [0.1, 0.15) is 24.3 Å². The lowest BCUT2D eigenvalue weighted by Gasteiger charge is -2.37. The smallest absolute Gasteiger partial charge is 0.316 e. The molecule has 0 radical (unpaired) electrons. The molecule has 116 valence electrons. The van der Waals surface area contributed by atoms with Crippen LogP contribution in [-0.2, 0) is 0 Å². The first-order valence-corrected chi connectivity index (χ1v) is 7.43. The molecule has 1 aliphatic rings. The van der Waals surface area contributed by atoms with Crippen LogP contribution in [0.2, 0.25) is 0 Å². The number of nitrogens with one attached hydrogen (secondary N) is 2. The van der Waals surface area contributed by atoms with Gasteiger partial charge >= 0.3 is 6.03 Å². The maximum Gasteiger partial charge on any atom is 0.316 e. The Kier molecular flexibility index (Phi) is 5.44. The lowest BCUT2D eigenvalue weighted by Crippen LogP contribution is -2.44. The van der Waals surface area contributed by atoms with Crippen molar-refractivity contribution in [1.82, 2.24) is 15.5 Å². The summed E-state index contributed by atoms with van der Waals surface area (Å²) in [6, 6.07) is 8.73. The number of amides is 2. The molecule has 0 heterocycles. The van der Waals surface area contributed by atoms with Crippen molar-refractivity contribution in [3.63, 3.8) is 0 Å². The maximum atomic E-state index is 11.4. The number of urea groups is 1. The summed E-state index contributed by atoms with van der Waals surface area (Å²) in [5.41, 5.74) is 1.30. The lowest BCUT2D eigenvalue weighted by molar-refractivity contribution is 0.216. The van der Waals surface area contributed by atoms with Gasteiger partial charge in [0, 0.05) is 33.2 Å². The first-order valence-electron chi connectivity index (χ1n) is 7.43. The predicted octanol–water partition coefficient (Wildman–Crippen LogP) is 1.80. The van der Waals surface area contributed by atoms with Crippen LogP contribution >= 0.6 is 0 Å². The summed E-state index contributed by atoms with van der Waals surface area (Å²) in [5.74, 6) is 1.56. The molecule has 0 unspecified atom stereocenters. The summed E-state index contributed by atoms with van der Waals surface area (Å²) in [6.07, 6.45) is 2.25. The predicted molar refractivity (Wildman–Crippen MR) is 83.8 cm³/mol. The van der Waals surface area contributed by atoms with Crippen LogP contribution in [0, 0.1) is 0 Å². The molecular weight excluding hydrogens is 266 g/mol. The fourth-order valence-electron chi connectivity index (χ4n) is 2.65. The number of ether oxygens (including phenoxy) is 1. The Morgan fingerprint density at radius 2 is 2.00 bits per heavy atom. The van der Waals surface area contributed by atoms with E-state index in [2.05, 4.69) is 22.8 Å². The average Bonchev–Trinajstić information content (AvgIpc) is 2.44. The molecule has 2 amide bonds. The van der Waals surface area contributed by atoms with Crippen molar-refractivity contribution in [3.8, 4) is 5.75 Å². The minimum absolute atomic E-state index is 0.0442.